The summed E-state index contributed by atoms with van der Waals surface area (Å²) < 4.78 is 52.9. The third-order valence-electron chi connectivity index (χ3n) is 5.32. The van der Waals surface area contributed by atoms with Gasteiger partial charge in [-0.2, -0.15) is 4.98 Å². The quantitative estimate of drug-likeness (QED) is 0.328. The number of imidazole rings is 1. The van der Waals surface area contributed by atoms with Crippen molar-refractivity contribution in [2.75, 3.05) is 11.8 Å². The van der Waals surface area contributed by atoms with E-state index in [1.54, 1.807) is 43.9 Å². The van der Waals surface area contributed by atoms with E-state index in [2.05, 4.69) is 19.8 Å². The van der Waals surface area contributed by atoms with Crippen molar-refractivity contribution in [3.8, 4) is 28.7 Å². The first kappa shape index (κ1) is 23.2. The van der Waals surface area contributed by atoms with Gasteiger partial charge in [-0.25, -0.2) is 17.8 Å². The standard InChI is InChI=1S/C25H20FN5O4S/c1-34-21-10-4-18(5-11-21)24-28-25(35-29-24)23-15-31(16-27-23)14-17-2-8-20(9-3-17)30-36(32,33)22-12-6-19(26)7-13-22/h2-13,15-16,30H,14H2,1H3. The number of halogens is 1. The minimum absolute atomic E-state index is 0.0184. The molecule has 9 nitrogen and oxygen atoms in total. The lowest BCUT2D eigenvalue weighted by atomic mass is 10.2. The van der Waals surface area contributed by atoms with E-state index in [1.165, 1.54) is 12.1 Å². The van der Waals surface area contributed by atoms with Crippen molar-refractivity contribution in [1.82, 2.24) is 19.7 Å². The maximum Gasteiger partial charge on any atom is 0.278 e. The predicted octanol–water partition coefficient (Wildman–Crippen LogP) is 4.60. The highest BCUT2D eigenvalue weighted by molar-refractivity contribution is 7.92. The molecule has 1 N–H and O–H groups in total. The SMILES string of the molecule is COc1ccc(-c2noc(-c3cn(Cc4ccc(NS(=O)(=O)c5ccc(F)cc5)cc4)cn3)n2)cc1. The van der Waals surface area contributed by atoms with Gasteiger partial charge in [-0.15, -0.1) is 0 Å². The molecule has 36 heavy (non-hydrogen) atoms. The Kier molecular flexibility index (Phi) is 6.21. The summed E-state index contributed by atoms with van der Waals surface area (Å²) >= 11 is 0. The second-order valence-electron chi connectivity index (χ2n) is 7.84. The fourth-order valence-corrected chi connectivity index (χ4v) is 4.52. The highest BCUT2D eigenvalue weighted by Gasteiger charge is 2.15. The molecule has 0 aliphatic heterocycles. The average molecular weight is 506 g/mol. The molecule has 5 aromatic rings. The monoisotopic (exact) mass is 505 g/mol. The number of hydrogen-bond acceptors (Lipinski definition) is 7. The van der Waals surface area contributed by atoms with E-state index in [1.807, 2.05) is 28.8 Å². The van der Waals surface area contributed by atoms with Gasteiger partial charge in [0.15, 0.2) is 0 Å². The summed E-state index contributed by atoms with van der Waals surface area (Å²) in [7, 11) is -2.21. The number of benzene rings is 3. The maximum absolute atomic E-state index is 13.1. The average Bonchev–Trinajstić information content (AvgIpc) is 3.55. The Morgan fingerprint density at radius 1 is 1.00 bits per heavy atom. The third-order valence-corrected chi connectivity index (χ3v) is 6.72. The Balaban J connectivity index is 1.24. The van der Waals surface area contributed by atoms with Gasteiger partial charge in [0.1, 0.15) is 17.3 Å². The lowest BCUT2D eigenvalue weighted by Crippen LogP contribution is -2.13. The molecule has 182 valence electrons. The van der Waals surface area contributed by atoms with Crippen LogP contribution in [0.15, 0.2) is 94.7 Å². The zero-order valence-corrected chi connectivity index (χ0v) is 19.8. The van der Waals surface area contributed by atoms with Gasteiger partial charge in [-0.3, -0.25) is 4.72 Å². The molecule has 0 radical (unpaired) electrons. The van der Waals surface area contributed by atoms with Gasteiger partial charge in [0.2, 0.25) is 5.82 Å². The Morgan fingerprint density at radius 3 is 2.42 bits per heavy atom. The van der Waals surface area contributed by atoms with Crippen LogP contribution in [0.2, 0.25) is 0 Å². The lowest BCUT2D eigenvalue weighted by molar-refractivity contribution is 0.414. The minimum Gasteiger partial charge on any atom is -0.497 e. The summed E-state index contributed by atoms with van der Waals surface area (Å²) in [5.74, 6) is 0.975. The van der Waals surface area contributed by atoms with Crippen molar-refractivity contribution in [2.45, 2.75) is 11.4 Å². The second-order valence-corrected chi connectivity index (χ2v) is 9.52. The third kappa shape index (κ3) is 5.10. The number of aromatic nitrogens is 4. The number of ether oxygens (including phenoxy) is 1. The molecular formula is C25H20FN5O4S. The topological polar surface area (TPSA) is 112 Å². The molecule has 0 atom stereocenters. The first-order chi connectivity index (χ1) is 17.4. The summed E-state index contributed by atoms with van der Waals surface area (Å²) in [5.41, 5.74) is 2.64. The number of sulfonamides is 1. The van der Waals surface area contributed by atoms with Crippen LogP contribution in [0.25, 0.3) is 23.0 Å². The molecular weight excluding hydrogens is 485 g/mol. The first-order valence-electron chi connectivity index (χ1n) is 10.8. The summed E-state index contributed by atoms with van der Waals surface area (Å²) in [5, 5.41) is 4.03. The number of hydrogen-bond donors (Lipinski definition) is 1. The van der Waals surface area contributed by atoms with Gasteiger partial charge in [0.25, 0.3) is 15.9 Å². The highest BCUT2D eigenvalue weighted by atomic mass is 32.2. The van der Waals surface area contributed by atoms with Crippen LogP contribution in [0.1, 0.15) is 5.56 Å². The van der Waals surface area contributed by atoms with Crippen LogP contribution in [0.5, 0.6) is 5.75 Å². The molecule has 0 bridgehead atoms. The smallest absolute Gasteiger partial charge is 0.278 e. The van der Waals surface area contributed by atoms with Crippen LogP contribution >= 0.6 is 0 Å². The van der Waals surface area contributed by atoms with Crippen LogP contribution in [-0.2, 0) is 16.6 Å². The molecule has 0 aliphatic carbocycles. The number of nitrogens with one attached hydrogen (secondary N) is 1. The fourth-order valence-electron chi connectivity index (χ4n) is 3.46. The first-order valence-corrected chi connectivity index (χ1v) is 12.3. The van der Waals surface area contributed by atoms with E-state index in [0.717, 1.165) is 29.0 Å². The molecule has 11 heteroatoms. The van der Waals surface area contributed by atoms with Crippen molar-refractivity contribution in [3.05, 3.63) is 96.7 Å². The van der Waals surface area contributed by atoms with Gasteiger partial charge in [0.05, 0.1) is 18.3 Å². The van der Waals surface area contributed by atoms with Gasteiger partial charge in [-0.05, 0) is 66.2 Å². The summed E-state index contributed by atoms with van der Waals surface area (Å²) in [6.07, 6.45) is 3.44. The van der Waals surface area contributed by atoms with Gasteiger partial charge in [0, 0.05) is 24.0 Å². The molecule has 0 saturated heterocycles. The Labute approximate surface area is 206 Å². The van der Waals surface area contributed by atoms with Crippen molar-refractivity contribution in [1.29, 1.82) is 0 Å². The van der Waals surface area contributed by atoms with Crippen molar-refractivity contribution in [3.63, 3.8) is 0 Å². The van der Waals surface area contributed by atoms with Crippen LogP contribution < -0.4 is 9.46 Å². The maximum atomic E-state index is 13.1. The molecule has 2 heterocycles. The number of nitrogens with zero attached hydrogens (tertiary/aromatic N) is 4. The minimum atomic E-state index is -3.81. The van der Waals surface area contributed by atoms with E-state index in [0.29, 0.717) is 29.6 Å². The van der Waals surface area contributed by atoms with Gasteiger partial charge in [-0.1, -0.05) is 17.3 Å². The molecule has 0 saturated carbocycles. The lowest BCUT2D eigenvalue weighted by Gasteiger charge is -2.09. The molecule has 2 aromatic heterocycles. The predicted molar refractivity (Wildman–Crippen MR) is 130 cm³/mol. The van der Waals surface area contributed by atoms with Crippen LogP contribution in [0.3, 0.4) is 0 Å². The Hall–Kier alpha value is -4.51. The zero-order valence-electron chi connectivity index (χ0n) is 19.0. The molecule has 0 unspecified atom stereocenters. The summed E-state index contributed by atoms with van der Waals surface area (Å²) in [4.78, 5) is 8.75. The normalized spacial score (nSPS) is 11.4. The molecule has 0 fully saturated rings. The summed E-state index contributed by atoms with van der Waals surface area (Å²) in [6.45, 7) is 0.497. The Bertz CT molecular complexity index is 1580. The van der Waals surface area contributed by atoms with Crippen LogP contribution in [0.4, 0.5) is 10.1 Å². The number of anilines is 1. The largest absolute Gasteiger partial charge is 0.497 e. The van der Waals surface area contributed by atoms with Crippen molar-refractivity contribution < 1.29 is 22.1 Å². The van der Waals surface area contributed by atoms with Crippen molar-refractivity contribution >= 4 is 15.7 Å². The molecule has 0 spiro atoms. The van der Waals surface area contributed by atoms with E-state index < -0.39 is 15.8 Å². The molecule has 5 rings (SSSR count). The fraction of sp³-hybridized carbons (Fsp3) is 0.0800. The van der Waals surface area contributed by atoms with E-state index in [-0.39, 0.29) is 4.90 Å². The van der Waals surface area contributed by atoms with Crippen LogP contribution in [-0.4, -0.2) is 35.2 Å². The van der Waals surface area contributed by atoms with Crippen LogP contribution in [0, 0.1) is 5.82 Å². The number of rotatable bonds is 8. The van der Waals surface area contributed by atoms with Gasteiger partial charge < -0.3 is 13.8 Å². The van der Waals surface area contributed by atoms with E-state index in [4.69, 9.17) is 9.26 Å². The second kappa shape index (κ2) is 9.62. The van der Waals surface area contributed by atoms with E-state index >= 15 is 0 Å². The Morgan fingerprint density at radius 2 is 1.72 bits per heavy atom. The molecule has 0 amide bonds. The van der Waals surface area contributed by atoms with Crippen molar-refractivity contribution in [2.24, 2.45) is 0 Å². The van der Waals surface area contributed by atoms with Gasteiger partial charge >= 0.3 is 0 Å². The summed E-state index contributed by atoms with van der Waals surface area (Å²) in [6, 6.07) is 18.9. The number of methoxy groups -OCH3 is 1. The molecule has 3 aromatic carbocycles. The molecule has 0 aliphatic rings. The van der Waals surface area contributed by atoms with E-state index in [9.17, 15) is 12.8 Å². The highest BCUT2D eigenvalue weighted by Crippen LogP contribution is 2.23. The zero-order chi connectivity index (χ0) is 25.1.